The van der Waals surface area contributed by atoms with Crippen LogP contribution >= 0.6 is 0 Å². The summed E-state index contributed by atoms with van der Waals surface area (Å²) in [6, 6.07) is 10.0. The Morgan fingerprint density at radius 3 is 2.62 bits per heavy atom. The molecule has 4 nitrogen and oxygen atoms in total. The zero-order valence-corrected chi connectivity index (χ0v) is 12.8. The Balaban J connectivity index is 2.34. The average molecular weight is 286 g/mol. The molecule has 1 heterocycles. The third-order valence-corrected chi connectivity index (χ3v) is 3.65. The van der Waals surface area contributed by atoms with Crippen molar-refractivity contribution in [2.24, 2.45) is 0 Å². The molecule has 1 aromatic heterocycles. The second kappa shape index (κ2) is 6.59. The van der Waals surface area contributed by atoms with Crippen molar-refractivity contribution in [3.63, 3.8) is 0 Å². The lowest BCUT2D eigenvalue weighted by Gasteiger charge is -2.12. The van der Waals surface area contributed by atoms with E-state index in [2.05, 4.69) is 28.9 Å². The van der Waals surface area contributed by atoms with Crippen LogP contribution in [-0.2, 0) is 0 Å². The first kappa shape index (κ1) is 15.3. The van der Waals surface area contributed by atoms with Gasteiger partial charge in [0.05, 0.1) is 5.56 Å². The molecule has 0 spiro atoms. The van der Waals surface area contributed by atoms with E-state index in [9.17, 15) is 4.79 Å². The Bertz CT molecular complexity index is 644. The second-order valence-corrected chi connectivity index (χ2v) is 5.24. The summed E-state index contributed by atoms with van der Waals surface area (Å²) in [7, 11) is 0. The lowest BCUT2D eigenvalue weighted by molar-refractivity contribution is 0.0950. The number of aromatic nitrogens is 1. The summed E-state index contributed by atoms with van der Waals surface area (Å²) in [6.45, 7) is 6.60. The molecular weight excluding hydrogens is 264 g/mol. The van der Waals surface area contributed by atoms with Gasteiger partial charge in [-0.05, 0) is 44.9 Å². The number of carbonyl (C=O) groups is 1. The van der Waals surface area contributed by atoms with Gasteiger partial charge in [0.1, 0.15) is 0 Å². The fraction of sp³-hybridized carbons (Fsp3) is 0.353. The number of aliphatic hydroxyl groups is 1. The third kappa shape index (κ3) is 3.16. The summed E-state index contributed by atoms with van der Waals surface area (Å²) in [5.74, 6) is -0.0867. The summed E-state index contributed by atoms with van der Waals surface area (Å²) in [5.41, 5.74) is 4.93. The minimum atomic E-state index is -0.0867. The number of hydrogen-bond acceptors (Lipinski definition) is 2. The normalized spacial score (nSPS) is 10.7. The van der Waals surface area contributed by atoms with Crippen LogP contribution in [0.1, 0.15) is 33.7 Å². The first-order chi connectivity index (χ1) is 10.1. The lowest BCUT2D eigenvalue weighted by Crippen LogP contribution is -2.25. The number of aliphatic hydroxyl groups excluding tert-OH is 1. The number of nitrogens with one attached hydrogen (secondary N) is 1. The quantitative estimate of drug-likeness (QED) is 0.830. The maximum atomic E-state index is 12.2. The molecule has 0 unspecified atom stereocenters. The predicted molar refractivity (Wildman–Crippen MR) is 84.0 cm³/mol. The lowest BCUT2D eigenvalue weighted by atomic mass is 10.2. The van der Waals surface area contributed by atoms with E-state index in [1.54, 1.807) is 0 Å². The van der Waals surface area contributed by atoms with E-state index < -0.39 is 0 Å². The van der Waals surface area contributed by atoms with Gasteiger partial charge >= 0.3 is 0 Å². The van der Waals surface area contributed by atoms with Crippen molar-refractivity contribution in [1.82, 2.24) is 9.88 Å². The Labute approximate surface area is 125 Å². The van der Waals surface area contributed by atoms with Crippen LogP contribution in [0.15, 0.2) is 30.3 Å². The highest BCUT2D eigenvalue weighted by Gasteiger charge is 2.16. The first-order valence-corrected chi connectivity index (χ1v) is 7.20. The number of amides is 1. The molecular formula is C17H22N2O2. The molecule has 0 saturated heterocycles. The van der Waals surface area contributed by atoms with Crippen molar-refractivity contribution in [1.29, 1.82) is 0 Å². The maximum absolute atomic E-state index is 12.2. The van der Waals surface area contributed by atoms with Crippen LogP contribution in [0.3, 0.4) is 0 Å². The molecule has 21 heavy (non-hydrogen) atoms. The number of carbonyl (C=O) groups excluding carboxylic acids is 1. The fourth-order valence-electron chi connectivity index (χ4n) is 2.55. The molecule has 0 atom stereocenters. The van der Waals surface area contributed by atoms with Gasteiger partial charge in [-0.1, -0.05) is 18.2 Å². The van der Waals surface area contributed by atoms with Crippen molar-refractivity contribution in [3.8, 4) is 5.69 Å². The van der Waals surface area contributed by atoms with Gasteiger partial charge in [0.25, 0.3) is 5.91 Å². The molecule has 2 aromatic rings. The summed E-state index contributed by atoms with van der Waals surface area (Å²) in [5, 5.41) is 11.6. The van der Waals surface area contributed by atoms with Crippen LogP contribution < -0.4 is 5.32 Å². The van der Waals surface area contributed by atoms with Crippen LogP contribution in [0.5, 0.6) is 0 Å². The van der Waals surface area contributed by atoms with Gasteiger partial charge < -0.3 is 15.0 Å². The number of nitrogens with zero attached hydrogens (tertiary/aromatic N) is 1. The van der Waals surface area contributed by atoms with E-state index in [-0.39, 0.29) is 12.5 Å². The summed E-state index contributed by atoms with van der Waals surface area (Å²) in [6.07, 6.45) is 0.572. The van der Waals surface area contributed by atoms with Gasteiger partial charge in [-0.25, -0.2) is 0 Å². The number of rotatable bonds is 5. The zero-order valence-electron chi connectivity index (χ0n) is 12.8. The van der Waals surface area contributed by atoms with Gasteiger partial charge in [-0.2, -0.15) is 0 Å². The van der Waals surface area contributed by atoms with Crippen LogP contribution in [0.2, 0.25) is 0 Å². The molecule has 0 aliphatic rings. The Morgan fingerprint density at radius 1 is 1.24 bits per heavy atom. The largest absolute Gasteiger partial charge is 0.396 e. The van der Waals surface area contributed by atoms with E-state index in [1.807, 2.05) is 32.0 Å². The predicted octanol–water partition coefficient (Wildman–Crippen LogP) is 2.51. The summed E-state index contributed by atoms with van der Waals surface area (Å²) in [4.78, 5) is 12.2. The molecule has 2 N–H and O–H groups in total. The number of benzene rings is 1. The van der Waals surface area contributed by atoms with Gasteiger partial charge in [0.15, 0.2) is 0 Å². The first-order valence-electron chi connectivity index (χ1n) is 7.20. The third-order valence-electron chi connectivity index (χ3n) is 3.65. The molecule has 0 radical (unpaired) electrons. The summed E-state index contributed by atoms with van der Waals surface area (Å²) >= 11 is 0. The number of aryl methyl sites for hydroxylation is 2. The van der Waals surface area contributed by atoms with E-state index in [0.29, 0.717) is 18.5 Å². The fourth-order valence-corrected chi connectivity index (χ4v) is 2.55. The highest BCUT2D eigenvalue weighted by atomic mass is 16.3. The minimum absolute atomic E-state index is 0.0858. The van der Waals surface area contributed by atoms with E-state index >= 15 is 0 Å². The van der Waals surface area contributed by atoms with E-state index in [1.165, 1.54) is 5.56 Å². The van der Waals surface area contributed by atoms with E-state index in [4.69, 9.17) is 5.11 Å². The number of hydrogen-bond donors (Lipinski definition) is 2. The van der Waals surface area contributed by atoms with Crippen molar-refractivity contribution in [3.05, 3.63) is 52.8 Å². The van der Waals surface area contributed by atoms with Crippen LogP contribution in [0.25, 0.3) is 5.69 Å². The SMILES string of the molecule is Cc1ccccc1-n1c(C)cc(C(=O)NCCCO)c1C. The molecule has 4 heteroatoms. The Morgan fingerprint density at radius 2 is 1.95 bits per heavy atom. The van der Waals surface area contributed by atoms with E-state index in [0.717, 1.165) is 17.1 Å². The maximum Gasteiger partial charge on any atom is 0.253 e. The van der Waals surface area contributed by atoms with Crippen LogP contribution in [-0.4, -0.2) is 28.7 Å². The second-order valence-electron chi connectivity index (χ2n) is 5.24. The molecule has 0 saturated carbocycles. The monoisotopic (exact) mass is 286 g/mol. The van der Waals surface area contributed by atoms with Crippen molar-refractivity contribution < 1.29 is 9.90 Å². The minimum Gasteiger partial charge on any atom is -0.396 e. The van der Waals surface area contributed by atoms with Crippen LogP contribution in [0, 0.1) is 20.8 Å². The van der Waals surface area contributed by atoms with Gasteiger partial charge in [0, 0.05) is 30.2 Å². The molecule has 1 amide bonds. The molecule has 0 fully saturated rings. The van der Waals surface area contributed by atoms with Crippen molar-refractivity contribution >= 4 is 5.91 Å². The average Bonchev–Trinajstić information content (AvgIpc) is 2.75. The van der Waals surface area contributed by atoms with Crippen molar-refractivity contribution in [2.75, 3.05) is 13.2 Å². The zero-order chi connectivity index (χ0) is 15.4. The highest BCUT2D eigenvalue weighted by molar-refractivity contribution is 5.95. The standard InChI is InChI=1S/C17H22N2O2/c1-12-7-4-5-8-16(12)19-13(2)11-15(14(19)3)17(21)18-9-6-10-20/h4-5,7-8,11,20H,6,9-10H2,1-3H3,(H,18,21). The van der Waals surface area contributed by atoms with Gasteiger partial charge in [-0.3, -0.25) is 4.79 Å². The Kier molecular flexibility index (Phi) is 4.81. The van der Waals surface area contributed by atoms with Crippen molar-refractivity contribution in [2.45, 2.75) is 27.2 Å². The Hall–Kier alpha value is -2.07. The molecule has 0 aliphatic carbocycles. The summed E-state index contributed by atoms with van der Waals surface area (Å²) < 4.78 is 2.11. The smallest absolute Gasteiger partial charge is 0.253 e. The molecule has 0 bridgehead atoms. The molecule has 2 rings (SSSR count). The van der Waals surface area contributed by atoms with Gasteiger partial charge in [-0.15, -0.1) is 0 Å². The molecule has 112 valence electrons. The van der Waals surface area contributed by atoms with Gasteiger partial charge in [0.2, 0.25) is 0 Å². The molecule has 0 aliphatic heterocycles. The topological polar surface area (TPSA) is 54.3 Å². The van der Waals surface area contributed by atoms with Crippen LogP contribution in [0.4, 0.5) is 0 Å². The highest BCUT2D eigenvalue weighted by Crippen LogP contribution is 2.23. The molecule has 1 aromatic carbocycles. The number of para-hydroxylation sites is 1.